The second-order valence-corrected chi connectivity index (χ2v) is 4.75. The molecule has 102 valence electrons. The summed E-state index contributed by atoms with van der Waals surface area (Å²) in [6.07, 6.45) is -4.63. The summed E-state index contributed by atoms with van der Waals surface area (Å²) in [5.74, 6) is -1.86. The van der Waals surface area contributed by atoms with Crippen molar-refractivity contribution in [3.63, 3.8) is 0 Å². The van der Waals surface area contributed by atoms with Crippen LogP contribution < -0.4 is 5.73 Å². The predicted octanol–water partition coefficient (Wildman–Crippen LogP) is 3.50. The van der Waals surface area contributed by atoms with Crippen LogP contribution in [0.25, 0.3) is 10.9 Å². The summed E-state index contributed by atoms with van der Waals surface area (Å²) < 4.78 is 51.9. The Morgan fingerprint density at radius 1 is 1.42 bits per heavy atom. The van der Waals surface area contributed by atoms with E-state index < -0.39 is 23.6 Å². The van der Waals surface area contributed by atoms with Crippen LogP contribution in [0.2, 0.25) is 0 Å². The lowest BCUT2D eigenvalue weighted by molar-refractivity contribution is -0.141. The van der Waals surface area contributed by atoms with E-state index >= 15 is 0 Å². The lowest BCUT2D eigenvalue weighted by Crippen LogP contribution is -2.12. The van der Waals surface area contributed by atoms with Gasteiger partial charge >= 0.3 is 6.18 Å². The summed E-state index contributed by atoms with van der Waals surface area (Å²) in [5.41, 5.74) is 3.36. The lowest BCUT2D eigenvalue weighted by atomic mass is 10.1. The number of amides is 1. The van der Waals surface area contributed by atoms with Crippen LogP contribution in [0.1, 0.15) is 21.6 Å². The fourth-order valence-corrected chi connectivity index (χ4v) is 2.54. The molecule has 1 amide bonds. The number of nitrogens with two attached hydrogens (primary N) is 1. The molecule has 0 fully saturated rings. The van der Waals surface area contributed by atoms with Gasteiger partial charge in [-0.25, -0.2) is 4.39 Å². The van der Waals surface area contributed by atoms with Gasteiger partial charge in [0, 0.05) is 5.39 Å². The number of alkyl halides is 3. The Labute approximate surface area is 112 Å². The molecule has 0 unspecified atom stereocenters. The highest BCUT2D eigenvalue weighted by atomic mass is 79.9. The summed E-state index contributed by atoms with van der Waals surface area (Å²) >= 11 is 2.88. The highest BCUT2D eigenvalue weighted by Gasteiger charge is 2.36. The molecule has 3 nitrogen and oxygen atoms in total. The number of fused-ring (bicyclic) bond motifs is 1. The minimum Gasteiger partial charge on any atom is -0.366 e. The Bertz CT molecular complexity index is 690. The molecule has 0 aliphatic heterocycles. The van der Waals surface area contributed by atoms with Crippen LogP contribution in [0.15, 0.2) is 10.5 Å². The van der Waals surface area contributed by atoms with Crippen LogP contribution in [-0.4, -0.2) is 10.9 Å². The second kappa shape index (κ2) is 4.22. The highest BCUT2D eigenvalue weighted by molar-refractivity contribution is 9.10. The Kier molecular flexibility index (Phi) is 3.08. The largest absolute Gasteiger partial charge is 0.431 e. The zero-order valence-corrected chi connectivity index (χ0v) is 11.0. The van der Waals surface area contributed by atoms with Crippen molar-refractivity contribution in [2.24, 2.45) is 5.73 Å². The number of hydrogen-bond acceptors (Lipinski definition) is 1. The average Bonchev–Trinajstić information content (AvgIpc) is 2.61. The molecule has 0 radical (unpaired) electrons. The molecular weight excluding hydrogens is 332 g/mol. The first kappa shape index (κ1) is 13.9. The van der Waals surface area contributed by atoms with Crippen molar-refractivity contribution in [1.82, 2.24) is 4.98 Å². The van der Waals surface area contributed by atoms with Crippen LogP contribution in [0, 0.1) is 12.7 Å². The molecule has 0 atom stereocenters. The first-order chi connectivity index (χ1) is 8.64. The van der Waals surface area contributed by atoms with E-state index in [0.29, 0.717) is 0 Å². The SMILES string of the molecule is Cc1c(C(F)(F)F)[nH]c2c(C(N)=O)cc(F)c(Br)c12. The Hall–Kier alpha value is -1.57. The molecule has 0 bridgehead atoms. The fourth-order valence-electron chi connectivity index (χ4n) is 1.93. The molecule has 3 N–H and O–H groups in total. The third kappa shape index (κ3) is 2.09. The Morgan fingerprint density at radius 2 is 2.00 bits per heavy atom. The van der Waals surface area contributed by atoms with Gasteiger partial charge in [0.25, 0.3) is 5.91 Å². The average molecular weight is 339 g/mol. The first-order valence-electron chi connectivity index (χ1n) is 5.02. The van der Waals surface area contributed by atoms with Crippen LogP contribution in [-0.2, 0) is 6.18 Å². The number of aromatic amines is 1. The van der Waals surface area contributed by atoms with Crippen molar-refractivity contribution in [2.45, 2.75) is 13.1 Å². The van der Waals surface area contributed by atoms with E-state index in [1.165, 1.54) is 6.92 Å². The van der Waals surface area contributed by atoms with Crippen molar-refractivity contribution in [2.75, 3.05) is 0 Å². The van der Waals surface area contributed by atoms with Gasteiger partial charge in [0.05, 0.1) is 15.6 Å². The molecule has 19 heavy (non-hydrogen) atoms. The number of carbonyl (C=O) groups is 1. The van der Waals surface area contributed by atoms with E-state index in [1.54, 1.807) is 0 Å². The van der Waals surface area contributed by atoms with Crippen LogP contribution in [0.3, 0.4) is 0 Å². The molecule has 0 aliphatic carbocycles. The standard InChI is InChI=1S/C11H7BrF4N2O/c1-3-6-7(12)5(13)2-4(10(17)19)8(6)18-9(3)11(14,15)16/h2,18H,1H3,(H2,17,19). The Morgan fingerprint density at radius 3 is 2.47 bits per heavy atom. The van der Waals surface area contributed by atoms with Crippen molar-refractivity contribution >= 4 is 32.7 Å². The minimum atomic E-state index is -4.63. The minimum absolute atomic E-state index is 0.0406. The maximum atomic E-state index is 13.6. The zero-order valence-electron chi connectivity index (χ0n) is 9.45. The number of benzene rings is 1. The first-order valence-corrected chi connectivity index (χ1v) is 5.81. The van der Waals surface area contributed by atoms with E-state index in [0.717, 1.165) is 6.07 Å². The van der Waals surface area contributed by atoms with E-state index in [-0.39, 0.29) is 26.5 Å². The fraction of sp³-hybridized carbons (Fsp3) is 0.182. The van der Waals surface area contributed by atoms with E-state index in [2.05, 4.69) is 20.9 Å². The topological polar surface area (TPSA) is 58.9 Å². The maximum absolute atomic E-state index is 13.6. The molecule has 0 spiro atoms. The number of hydrogen-bond donors (Lipinski definition) is 2. The number of aryl methyl sites for hydroxylation is 1. The molecule has 1 heterocycles. The number of H-pyrrole nitrogens is 1. The number of primary amides is 1. The lowest BCUT2D eigenvalue weighted by Gasteiger charge is -2.04. The van der Waals surface area contributed by atoms with Crippen LogP contribution in [0.4, 0.5) is 17.6 Å². The van der Waals surface area contributed by atoms with Gasteiger partial charge in [-0.1, -0.05) is 0 Å². The van der Waals surface area contributed by atoms with Gasteiger partial charge in [0.15, 0.2) is 0 Å². The van der Waals surface area contributed by atoms with Crippen molar-refractivity contribution in [1.29, 1.82) is 0 Å². The second-order valence-electron chi connectivity index (χ2n) is 3.96. The molecule has 0 saturated carbocycles. The van der Waals surface area contributed by atoms with Gasteiger partial charge in [-0.15, -0.1) is 0 Å². The van der Waals surface area contributed by atoms with Crippen LogP contribution in [0.5, 0.6) is 0 Å². The molecule has 0 aliphatic rings. The smallest absolute Gasteiger partial charge is 0.366 e. The van der Waals surface area contributed by atoms with Gasteiger partial charge < -0.3 is 10.7 Å². The normalized spacial score (nSPS) is 12.1. The summed E-state index contributed by atoms with van der Waals surface area (Å²) in [6, 6.07) is 0.796. The Balaban J connectivity index is 2.97. The molecule has 1 aromatic carbocycles. The number of carbonyl (C=O) groups excluding carboxylic acids is 1. The van der Waals surface area contributed by atoms with E-state index in [4.69, 9.17) is 5.73 Å². The summed E-state index contributed by atoms with van der Waals surface area (Å²) in [7, 11) is 0. The summed E-state index contributed by atoms with van der Waals surface area (Å²) in [5, 5.41) is -0.0406. The quantitative estimate of drug-likeness (QED) is 0.768. The van der Waals surface area contributed by atoms with Crippen LogP contribution >= 0.6 is 15.9 Å². The summed E-state index contributed by atoms with van der Waals surface area (Å²) in [6.45, 7) is 1.19. The molecule has 2 rings (SSSR count). The molecule has 2 aromatic rings. The zero-order chi connectivity index (χ0) is 14.5. The van der Waals surface area contributed by atoms with Gasteiger partial charge in [0.1, 0.15) is 11.5 Å². The number of nitrogens with one attached hydrogen (secondary N) is 1. The molecule has 0 saturated heterocycles. The number of rotatable bonds is 1. The van der Waals surface area contributed by atoms with E-state index in [9.17, 15) is 22.4 Å². The van der Waals surface area contributed by atoms with Crippen molar-refractivity contribution in [3.8, 4) is 0 Å². The molecule has 8 heteroatoms. The van der Waals surface area contributed by atoms with Gasteiger partial charge in [-0.3, -0.25) is 4.79 Å². The van der Waals surface area contributed by atoms with Gasteiger partial charge in [-0.05, 0) is 34.5 Å². The van der Waals surface area contributed by atoms with Crippen molar-refractivity contribution in [3.05, 3.63) is 33.2 Å². The third-order valence-electron chi connectivity index (χ3n) is 2.77. The monoisotopic (exact) mass is 338 g/mol. The van der Waals surface area contributed by atoms with E-state index in [1.807, 2.05) is 0 Å². The number of aromatic nitrogens is 1. The molecule has 1 aromatic heterocycles. The van der Waals surface area contributed by atoms with Gasteiger partial charge in [0.2, 0.25) is 0 Å². The van der Waals surface area contributed by atoms with Crippen molar-refractivity contribution < 1.29 is 22.4 Å². The maximum Gasteiger partial charge on any atom is 0.431 e. The highest BCUT2D eigenvalue weighted by Crippen LogP contribution is 2.39. The predicted molar refractivity (Wildman–Crippen MR) is 64.2 cm³/mol. The molecular formula is C11H7BrF4N2O. The summed E-state index contributed by atoms with van der Waals surface area (Å²) in [4.78, 5) is 13.3. The van der Waals surface area contributed by atoms with Gasteiger partial charge in [-0.2, -0.15) is 13.2 Å². The third-order valence-corrected chi connectivity index (χ3v) is 3.54. The number of halogens is 5.